The van der Waals surface area contributed by atoms with Crippen LogP contribution < -0.4 is 80.1 Å². The van der Waals surface area contributed by atoms with Crippen molar-refractivity contribution >= 4 is 149 Å². The average molecular weight is 929 g/mol. The van der Waals surface area contributed by atoms with Crippen molar-refractivity contribution < 1.29 is 109 Å². The molecular formula is C34H64Ca3N8O14+6. The van der Waals surface area contributed by atoms with Crippen molar-refractivity contribution in [2.45, 2.75) is 26.1 Å². The first-order valence-corrected chi connectivity index (χ1v) is 19.5. The van der Waals surface area contributed by atoms with Gasteiger partial charge in [0.25, 0.3) is 0 Å². The summed E-state index contributed by atoms with van der Waals surface area (Å²) >= 11 is 0. The van der Waals surface area contributed by atoms with Crippen LogP contribution in [0.4, 0.5) is 0 Å². The van der Waals surface area contributed by atoms with E-state index in [2.05, 4.69) is 0 Å². The molecule has 0 aromatic carbocycles. The maximum Gasteiger partial charge on any atom is 2.00 e. The van der Waals surface area contributed by atoms with Crippen molar-refractivity contribution in [3.05, 3.63) is 0 Å². The fourth-order valence-corrected chi connectivity index (χ4v) is 7.34. The Balaban J connectivity index is -0.00000101. The maximum absolute atomic E-state index is 11.6. The molecule has 0 radical (unpaired) electrons. The van der Waals surface area contributed by atoms with Gasteiger partial charge in [0, 0.05) is 0 Å². The molecule has 0 spiro atoms. The van der Waals surface area contributed by atoms with E-state index in [1.54, 1.807) is 13.8 Å². The number of carboxylic acid groups (broad SMARTS) is 6. The van der Waals surface area contributed by atoms with Crippen LogP contribution in [0.3, 0.4) is 0 Å². The molecule has 2 heterocycles. The van der Waals surface area contributed by atoms with E-state index in [0.717, 1.165) is 29.4 Å². The van der Waals surface area contributed by atoms with Gasteiger partial charge in [-0.25, -0.2) is 0 Å². The summed E-state index contributed by atoms with van der Waals surface area (Å²) in [6.07, 6.45) is -1.56. The van der Waals surface area contributed by atoms with Gasteiger partial charge in [0.05, 0.1) is 48.9 Å². The molecule has 6 unspecified atom stereocenters. The summed E-state index contributed by atoms with van der Waals surface area (Å²) in [6, 6.07) is 0. The minimum Gasteiger partial charge on any atom is -0.848 e. The van der Waals surface area contributed by atoms with Crippen molar-refractivity contribution in [1.82, 2.24) is 0 Å². The molecule has 324 valence electrons. The predicted molar refractivity (Wildman–Crippen MR) is 191 cm³/mol. The summed E-state index contributed by atoms with van der Waals surface area (Å²) in [4.78, 5) is 72.7. The SMILES string of the molecule is CC([O-])C[NH+]1CC[NH+](CC(=O)[O-])CC[NH+](CC(=O)[O-])CC[NH+](CC(=O)[O-])CC1.CC([O-])C[NH+]1CC[NH+](CC(=O)[O-])CC[NH+](CC(=O)[O-])CC[NH+](CC(=O)[O-])CC1.[Ca+2].[Ca+2].[Ca+2]. The summed E-state index contributed by atoms with van der Waals surface area (Å²) in [7, 11) is 0. The second-order valence-electron chi connectivity index (χ2n) is 15.3. The van der Waals surface area contributed by atoms with Gasteiger partial charge in [0.2, 0.25) is 0 Å². The van der Waals surface area contributed by atoms with Gasteiger partial charge in [0.1, 0.15) is 144 Å². The molecule has 2 saturated heterocycles. The Morgan fingerprint density at radius 1 is 0.322 bits per heavy atom. The third kappa shape index (κ3) is 35.3. The molecule has 2 fully saturated rings. The van der Waals surface area contributed by atoms with E-state index in [1.807, 2.05) is 0 Å². The summed E-state index contributed by atoms with van der Waals surface area (Å²) < 4.78 is 0. The molecule has 2 aliphatic heterocycles. The van der Waals surface area contributed by atoms with Gasteiger partial charge in [-0.1, -0.05) is 26.1 Å². The molecule has 25 heteroatoms. The molecule has 2 aliphatic rings. The van der Waals surface area contributed by atoms with Crippen LogP contribution in [0.25, 0.3) is 0 Å². The fourth-order valence-electron chi connectivity index (χ4n) is 7.34. The molecule has 6 atom stereocenters. The van der Waals surface area contributed by atoms with Gasteiger partial charge < -0.3 is 109 Å². The van der Waals surface area contributed by atoms with Gasteiger partial charge in [-0.15, -0.1) is 0 Å². The number of aliphatic carboxylic acids is 6. The number of hydrogen-bond donors (Lipinski definition) is 8. The standard InChI is InChI=1S/2C17H31N4O7.3Ca/c2*1-14(22)10-18-2-4-19(11-15(23)24)6-8-21(13-17(27)28)9-7-20(5-3-18)12-16(25)26;;;/h2*14H,2-13H2,1H3,(H,23,24)(H,25,26)(H,27,28);;;/q2*-1;3*+2/p+2. The van der Waals surface area contributed by atoms with Gasteiger partial charge in [-0.05, 0) is 0 Å². The molecule has 8 N–H and O–H groups in total. The molecule has 0 amide bonds. The van der Waals surface area contributed by atoms with Crippen LogP contribution in [0.5, 0.6) is 0 Å². The first-order valence-electron chi connectivity index (χ1n) is 19.5. The van der Waals surface area contributed by atoms with E-state index in [9.17, 15) is 69.6 Å². The zero-order valence-electron chi connectivity index (χ0n) is 35.0. The minimum absolute atomic E-state index is 0. The average Bonchev–Trinajstić information content (AvgIpc) is 3.05. The summed E-state index contributed by atoms with van der Waals surface area (Å²) in [5.41, 5.74) is 0. The molecule has 59 heavy (non-hydrogen) atoms. The molecule has 0 saturated carbocycles. The van der Waals surface area contributed by atoms with Gasteiger partial charge >= 0.3 is 113 Å². The van der Waals surface area contributed by atoms with E-state index >= 15 is 0 Å². The first-order chi connectivity index (χ1) is 26.3. The second-order valence-corrected chi connectivity index (χ2v) is 15.3. The van der Waals surface area contributed by atoms with Crippen LogP contribution >= 0.6 is 0 Å². The molecular weight excluding hydrogens is 865 g/mol. The van der Waals surface area contributed by atoms with Gasteiger partial charge in [0.15, 0.2) is 0 Å². The smallest absolute Gasteiger partial charge is 0.848 e. The van der Waals surface area contributed by atoms with E-state index in [4.69, 9.17) is 0 Å². The van der Waals surface area contributed by atoms with Gasteiger partial charge in [-0.2, -0.15) is 0 Å². The summed E-state index contributed by atoms with van der Waals surface area (Å²) in [5.74, 6) is -7.10. The van der Waals surface area contributed by atoms with Crippen LogP contribution in [-0.2, 0) is 28.8 Å². The number of carboxylic acids is 6. The Kier molecular flexibility index (Phi) is 39.3. The molecule has 0 aliphatic carbocycles. The minimum atomic E-state index is -1.20. The van der Waals surface area contributed by atoms with Crippen molar-refractivity contribution in [3.63, 3.8) is 0 Å². The Morgan fingerprint density at radius 2 is 0.441 bits per heavy atom. The van der Waals surface area contributed by atoms with Crippen molar-refractivity contribution in [3.8, 4) is 0 Å². The topological polar surface area (TPSA) is 322 Å². The monoisotopic (exact) mass is 928 g/mol. The zero-order valence-corrected chi connectivity index (χ0v) is 41.6. The number of nitrogens with one attached hydrogen (secondary N) is 8. The molecule has 0 aromatic heterocycles. The predicted octanol–water partition coefficient (Wildman–Crippen LogP) is -26.1. The Labute approximate surface area is 436 Å². The number of hydrogen-bond acceptors (Lipinski definition) is 14. The Morgan fingerprint density at radius 3 is 0.542 bits per heavy atom. The van der Waals surface area contributed by atoms with Crippen molar-refractivity contribution in [2.24, 2.45) is 0 Å². The zero-order chi connectivity index (χ0) is 42.2. The van der Waals surface area contributed by atoms with Crippen LogP contribution in [0.1, 0.15) is 13.8 Å². The third-order valence-electron chi connectivity index (χ3n) is 10.2. The second kappa shape index (κ2) is 36.5. The fraction of sp³-hybridized carbons (Fsp3) is 0.824. The first kappa shape index (κ1) is 63.5. The van der Waals surface area contributed by atoms with E-state index < -0.39 is 48.0 Å². The Bertz CT molecular complexity index is 1080. The van der Waals surface area contributed by atoms with Crippen molar-refractivity contribution in [2.75, 3.05) is 157 Å². The largest absolute Gasteiger partial charge is 2.00 e. The van der Waals surface area contributed by atoms with E-state index in [1.165, 1.54) is 0 Å². The van der Waals surface area contributed by atoms with Gasteiger partial charge in [-0.3, -0.25) is 0 Å². The Hall–Kier alpha value is 0.199. The number of carbonyl (C=O) groups excluding carboxylic acids is 6. The van der Waals surface area contributed by atoms with E-state index in [-0.39, 0.29) is 152 Å². The number of carbonyl (C=O) groups is 6. The third-order valence-corrected chi connectivity index (χ3v) is 10.2. The van der Waals surface area contributed by atoms with Crippen LogP contribution in [0.2, 0.25) is 0 Å². The van der Waals surface area contributed by atoms with Crippen LogP contribution in [0, 0.1) is 0 Å². The number of rotatable bonds is 16. The van der Waals surface area contributed by atoms with Crippen molar-refractivity contribution in [1.29, 1.82) is 0 Å². The van der Waals surface area contributed by atoms with E-state index in [0.29, 0.717) is 128 Å². The molecule has 0 bridgehead atoms. The summed E-state index contributed by atoms with van der Waals surface area (Å²) in [5, 5.41) is 89.5. The normalized spacial score (nSPS) is 27.1. The van der Waals surface area contributed by atoms with Crippen LogP contribution in [0.15, 0.2) is 0 Å². The maximum atomic E-state index is 11.6. The molecule has 0 aromatic rings. The summed E-state index contributed by atoms with van der Waals surface area (Å²) in [6.45, 7) is 10.5. The quantitative estimate of drug-likeness (QED) is 0.0667. The molecule has 22 nitrogen and oxygen atoms in total. The number of quaternary nitrogens is 8. The molecule has 2 rings (SSSR count). The van der Waals surface area contributed by atoms with Crippen LogP contribution in [-0.4, -0.2) is 318 Å².